The minimum atomic E-state index is -0.970. The lowest BCUT2D eigenvalue weighted by Gasteiger charge is -2.56. The minimum Gasteiger partial charge on any atom is -0.322 e. The predicted molar refractivity (Wildman–Crippen MR) is 129 cm³/mol. The van der Waals surface area contributed by atoms with E-state index in [4.69, 9.17) is 0 Å². The summed E-state index contributed by atoms with van der Waals surface area (Å²) in [6.45, 7) is 6.03. The largest absolute Gasteiger partial charge is 0.322 e. The van der Waals surface area contributed by atoms with Crippen LogP contribution in [0.4, 0.5) is 0 Å². The summed E-state index contributed by atoms with van der Waals surface area (Å²) in [7, 11) is 0. The third kappa shape index (κ3) is 3.45. The van der Waals surface area contributed by atoms with Gasteiger partial charge in [0.2, 0.25) is 11.8 Å². The average molecular weight is 439 g/mol. The van der Waals surface area contributed by atoms with Gasteiger partial charge in [-0.3, -0.25) is 9.59 Å². The van der Waals surface area contributed by atoms with E-state index in [0.717, 1.165) is 22.3 Å². The first-order chi connectivity index (χ1) is 15.9. The van der Waals surface area contributed by atoms with Gasteiger partial charge in [0.25, 0.3) is 0 Å². The fourth-order valence-electron chi connectivity index (χ4n) is 5.74. The summed E-state index contributed by atoms with van der Waals surface area (Å²) in [6.07, 6.45) is 1.04. The Hall–Kier alpha value is -3.40. The Morgan fingerprint density at radius 1 is 0.758 bits per heavy atom. The number of rotatable bonds is 4. The lowest BCUT2D eigenvalue weighted by molar-refractivity contribution is -0.176. The lowest BCUT2D eigenvalue weighted by atomic mass is 9.77. The monoisotopic (exact) mass is 438 g/mol. The molecule has 0 aliphatic carbocycles. The van der Waals surface area contributed by atoms with E-state index in [0.29, 0.717) is 12.8 Å². The molecule has 0 spiro atoms. The molecule has 3 aliphatic rings. The van der Waals surface area contributed by atoms with Gasteiger partial charge in [0.05, 0.1) is 12.1 Å². The number of benzene rings is 3. The molecule has 0 unspecified atom stereocenters. The van der Waals surface area contributed by atoms with Gasteiger partial charge in [-0.1, -0.05) is 84.9 Å². The van der Waals surface area contributed by atoms with Gasteiger partial charge in [0, 0.05) is 12.8 Å². The zero-order chi connectivity index (χ0) is 23.2. The van der Waals surface area contributed by atoms with E-state index in [1.807, 2.05) is 103 Å². The Morgan fingerprint density at radius 2 is 1.27 bits per heavy atom. The van der Waals surface area contributed by atoms with Crippen molar-refractivity contribution >= 4 is 11.8 Å². The Morgan fingerprint density at radius 3 is 1.88 bits per heavy atom. The molecule has 2 bridgehead atoms. The maximum absolute atomic E-state index is 14.3. The molecule has 1 fully saturated rings. The molecular weight excluding hydrogens is 408 g/mol. The van der Waals surface area contributed by atoms with Crippen LogP contribution in [0.15, 0.2) is 84.9 Å². The normalized spacial score (nSPS) is 24.2. The van der Waals surface area contributed by atoms with E-state index in [9.17, 15) is 9.59 Å². The Bertz CT molecular complexity index is 1180. The maximum atomic E-state index is 14.3. The van der Waals surface area contributed by atoms with E-state index in [-0.39, 0.29) is 23.9 Å². The summed E-state index contributed by atoms with van der Waals surface area (Å²) in [5.74, 6) is 0.0616. The molecule has 168 valence electrons. The smallest absolute Gasteiger partial charge is 0.249 e. The van der Waals surface area contributed by atoms with E-state index in [2.05, 4.69) is 12.1 Å². The first kappa shape index (κ1) is 21.4. The van der Waals surface area contributed by atoms with Gasteiger partial charge < -0.3 is 9.80 Å². The van der Waals surface area contributed by atoms with Crippen LogP contribution < -0.4 is 0 Å². The molecule has 3 aromatic rings. The van der Waals surface area contributed by atoms with Gasteiger partial charge >= 0.3 is 0 Å². The molecular formula is C29H30N2O2. The molecule has 4 nitrogen and oxygen atoms in total. The molecule has 0 radical (unpaired) electrons. The molecule has 3 aromatic carbocycles. The maximum Gasteiger partial charge on any atom is 0.249 e. The van der Waals surface area contributed by atoms with Crippen LogP contribution in [-0.2, 0) is 22.4 Å². The second kappa shape index (κ2) is 8.18. The van der Waals surface area contributed by atoms with Gasteiger partial charge in [0.1, 0.15) is 11.6 Å². The second-order valence-electron chi connectivity index (χ2n) is 9.53. The highest BCUT2D eigenvalue weighted by Gasteiger charge is 2.57. The van der Waals surface area contributed by atoms with Crippen LogP contribution in [0.2, 0.25) is 0 Å². The van der Waals surface area contributed by atoms with Crippen molar-refractivity contribution in [1.82, 2.24) is 9.80 Å². The van der Waals surface area contributed by atoms with Gasteiger partial charge in [-0.05, 0) is 43.0 Å². The summed E-state index contributed by atoms with van der Waals surface area (Å²) < 4.78 is 0. The average Bonchev–Trinajstić information content (AvgIpc) is 2.84. The molecule has 3 aliphatic heterocycles. The van der Waals surface area contributed by atoms with Crippen molar-refractivity contribution in [1.29, 1.82) is 0 Å². The molecule has 0 saturated carbocycles. The third-order valence-electron chi connectivity index (χ3n) is 7.52. The highest BCUT2D eigenvalue weighted by molar-refractivity contribution is 6.01. The van der Waals surface area contributed by atoms with Crippen molar-refractivity contribution in [3.05, 3.63) is 107 Å². The number of piperazine rings is 1. The summed E-state index contributed by atoms with van der Waals surface area (Å²) in [4.78, 5) is 32.3. The van der Waals surface area contributed by atoms with Crippen molar-refractivity contribution < 1.29 is 9.59 Å². The molecule has 0 N–H and O–H groups in total. The Labute approximate surface area is 195 Å². The number of amides is 2. The van der Waals surface area contributed by atoms with Crippen molar-refractivity contribution in [3.8, 4) is 0 Å². The molecule has 1 saturated heterocycles. The number of hydrogen-bond donors (Lipinski definition) is 0. The van der Waals surface area contributed by atoms with Crippen LogP contribution in [0.5, 0.6) is 0 Å². The number of fused-ring (bicyclic) bond motifs is 2. The number of nitrogens with zero attached hydrogens (tertiary/aromatic N) is 2. The van der Waals surface area contributed by atoms with Crippen molar-refractivity contribution in [2.45, 2.75) is 57.3 Å². The summed E-state index contributed by atoms with van der Waals surface area (Å²) in [6, 6.07) is 27.4. The van der Waals surface area contributed by atoms with E-state index >= 15 is 0 Å². The van der Waals surface area contributed by atoms with Crippen LogP contribution in [-0.4, -0.2) is 33.2 Å². The standard InChI is InChI=1S/C29H30N2O2/c1-20(22-12-6-4-7-13-22)30-26-18-24-16-10-11-17-25(24)19-29(3,28(30)33)31(27(26)32)21(2)23-14-8-5-9-15-23/h4-17,20-21,26H,18-19H2,1-3H3/t20-,21-,26-,29-/m0/s1. The molecule has 2 amide bonds. The number of carbonyl (C=O) groups excluding carboxylic acids is 2. The van der Waals surface area contributed by atoms with Gasteiger partial charge in [-0.2, -0.15) is 0 Å². The van der Waals surface area contributed by atoms with E-state index in [1.54, 1.807) is 0 Å². The fraction of sp³-hybridized carbons (Fsp3) is 0.310. The van der Waals surface area contributed by atoms with Crippen molar-refractivity contribution in [2.24, 2.45) is 0 Å². The second-order valence-corrected chi connectivity index (χ2v) is 9.53. The number of carbonyl (C=O) groups is 2. The summed E-state index contributed by atoms with van der Waals surface area (Å²) in [5, 5.41) is 0. The molecule has 33 heavy (non-hydrogen) atoms. The SMILES string of the molecule is C[C@@H](c1ccccc1)N1C(=O)[C@]2(C)Cc3ccccc3C[C@H]1C(=O)N2[C@@H](C)c1ccccc1. The van der Waals surface area contributed by atoms with Crippen molar-refractivity contribution in [2.75, 3.05) is 0 Å². The minimum absolute atomic E-state index is 0.0285. The topological polar surface area (TPSA) is 40.6 Å². The first-order valence-electron chi connectivity index (χ1n) is 11.7. The molecule has 4 heteroatoms. The summed E-state index contributed by atoms with van der Waals surface area (Å²) >= 11 is 0. The van der Waals surface area contributed by atoms with Gasteiger partial charge in [-0.15, -0.1) is 0 Å². The van der Waals surface area contributed by atoms with Gasteiger partial charge in [0.15, 0.2) is 0 Å². The third-order valence-corrected chi connectivity index (χ3v) is 7.52. The Balaban J connectivity index is 1.66. The zero-order valence-electron chi connectivity index (χ0n) is 19.4. The lowest BCUT2D eigenvalue weighted by Crippen LogP contribution is -2.72. The first-order valence-corrected chi connectivity index (χ1v) is 11.7. The fourth-order valence-corrected chi connectivity index (χ4v) is 5.74. The predicted octanol–water partition coefficient (Wildman–Crippen LogP) is 5.11. The molecule has 6 rings (SSSR count). The highest BCUT2D eigenvalue weighted by atomic mass is 16.2. The molecule has 4 atom stereocenters. The van der Waals surface area contributed by atoms with Gasteiger partial charge in [-0.25, -0.2) is 0 Å². The van der Waals surface area contributed by atoms with Crippen molar-refractivity contribution in [3.63, 3.8) is 0 Å². The van der Waals surface area contributed by atoms with E-state index in [1.165, 1.54) is 0 Å². The van der Waals surface area contributed by atoms with Crippen LogP contribution in [0.3, 0.4) is 0 Å². The quantitative estimate of drug-likeness (QED) is 0.568. The zero-order valence-corrected chi connectivity index (χ0v) is 19.4. The van der Waals surface area contributed by atoms with E-state index < -0.39 is 11.6 Å². The van der Waals surface area contributed by atoms with Crippen LogP contribution in [0.25, 0.3) is 0 Å². The Kier molecular flexibility index (Phi) is 5.32. The molecule has 3 heterocycles. The number of hydrogen-bond acceptors (Lipinski definition) is 2. The van der Waals surface area contributed by atoms with Crippen LogP contribution in [0, 0.1) is 0 Å². The summed E-state index contributed by atoms with van der Waals surface area (Å²) in [5.41, 5.74) is 3.43. The molecule has 0 aromatic heterocycles. The van der Waals surface area contributed by atoms with Crippen LogP contribution in [0.1, 0.15) is 55.1 Å². The van der Waals surface area contributed by atoms with Crippen LogP contribution >= 0.6 is 0 Å². The highest BCUT2D eigenvalue weighted by Crippen LogP contribution is 2.43.